The SMILES string of the molecule is CC1(C)c2ccccc2-c2cc(-c3ccc(N(c4ccccc4)c4cccc(F)c4)c(-c4ccc5c(c4)C(C)(C)c4ccccc4-5)c3)ccc21. The zero-order valence-electron chi connectivity index (χ0n) is 28.8. The first-order valence-electron chi connectivity index (χ1n) is 17.5. The molecule has 242 valence electrons. The minimum Gasteiger partial charge on any atom is -0.310 e. The summed E-state index contributed by atoms with van der Waals surface area (Å²) in [6.45, 7) is 9.29. The van der Waals surface area contributed by atoms with Gasteiger partial charge in [-0.1, -0.05) is 131 Å². The van der Waals surface area contributed by atoms with Crippen LogP contribution in [0.15, 0.2) is 158 Å². The summed E-state index contributed by atoms with van der Waals surface area (Å²) >= 11 is 0. The fourth-order valence-corrected chi connectivity index (χ4v) is 8.53. The highest BCUT2D eigenvalue weighted by Crippen LogP contribution is 2.52. The van der Waals surface area contributed by atoms with E-state index in [-0.39, 0.29) is 16.6 Å². The second-order valence-electron chi connectivity index (χ2n) is 14.7. The van der Waals surface area contributed by atoms with Crippen molar-refractivity contribution in [1.29, 1.82) is 0 Å². The van der Waals surface area contributed by atoms with Gasteiger partial charge < -0.3 is 4.90 Å². The highest BCUT2D eigenvalue weighted by Gasteiger charge is 2.36. The quantitative estimate of drug-likeness (QED) is 0.180. The molecule has 1 nitrogen and oxygen atoms in total. The number of rotatable bonds is 5. The monoisotopic (exact) mass is 647 g/mol. The van der Waals surface area contributed by atoms with E-state index in [2.05, 4.69) is 148 Å². The van der Waals surface area contributed by atoms with Crippen molar-refractivity contribution in [2.75, 3.05) is 4.90 Å². The van der Waals surface area contributed by atoms with Gasteiger partial charge in [-0.15, -0.1) is 0 Å². The lowest BCUT2D eigenvalue weighted by Crippen LogP contribution is -2.15. The molecule has 0 aliphatic heterocycles. The molecule has 0 heterocycles. The molecule has 7 aromatic carbocycles. The zero-order valence-corrected chi connectivity index (χ0v) is 28.8. The van der Waals surface area contributed by atoms with E-state index in [9.17, 15) is 4.39 Å². The van der Waals surface area contributed by atoms with Gasteiger partial charge in [0.05, 0.1) is 5.69 Å². The van der Waals surface area contributed by atoms with Crippen molar-refractivity contribution in [2.45, 2.75) is 38.5 Å². The van der Waals surface area contributed by atoms with E-state index in [1.807, 2.05) is 24.3 Å². The average molecular weight is 648 g/mol. The fraction of sp³-hybridized carbons (Fsp3) is 0.125. The molecule has 2 heteroatoms. The van der Waals surface area contributed by atoms with Crippen LogP contribution in [0.25, 0.3) is 44.5 Å². The van der Waals surface area contributed by atoms with Gasteiger partial charge in [-0.05, 0) is 116 Å². The molecule has 0 amide bonds. The summed E-state index contributed by atoms with van der Waals surface area (Å²) in [6, 6.07) is 55.4. The van der Waals surface area contributed by atoms with Crippen LogP contribution >= 0.6 is 0 Å². The molecule has 0 fully saturated rings. The van der Waals surface area contributed by atoms with E-state index in [4.69, 9.17) is 0 Å². The zero-order chi connectivity index (χ0) is 34.2. The third-order valence-electron chi connectivity index (χ3n) is 11.1. The molecule has 0 saturated heterocycles. The van der Waals surface area contributed by atoms with E-state index >= 15 is 0 Å². The van der Waals surface area contributed by atoms with Gasteiger partial charge in [0, 0.05) is 27.8 Å². The highest BCUT2D eigenvalue weighted by atomic mass is 19.1. The Morgan fingerprint density at radius 3 is 1.64 bits per heavy atom. The molecular formula is C48H38FN. The number of para-hydroxylation sites is 1. The van der Waals surface area contributed by atoms with Gasteiger partial charge in [0.1, 0.15) is 5.82 Å². The van der Waals surface area contributed by atoms with Crippen LogP contribution in [0.1, 0.15) is 49.9 Å². The van der Waals surface area contributed by atoms with Gasteiger partial charge in [-0.25, -0.2) is 4.39 Å². The second kappa shape index (κ2) is 11.1. The summed E-state index contributed by atoms with van der Waals surface area (Å²) in [5, 5.41) is 0. The van der Waals surface area contributed by atoms with Crippen LogP contribution in [0.2, 0.25) is 0 Å². The molecule has 9 rings (SSSR count). The Bertz CT molecular complexity index is 2450. The minimum atomic E-state index is -0.264. The van der Waals surface area contributed by atoms with Crippen LogP contribution in [-0.4, -0.2) is 0 Å². The van der Waals surface area contributed by atoms with E-state index in [0.717, 1.165) is 33.8 Å². The normalized spacial score (nSPS) is 14.4. The highest BCUT2D eigenvalue weighted by molar-refractivity contribution is 5.93. The summed E-state index contributed by atoms with van der Waals surface area (Å²) in [5.74, 6) is -0.264. The Hall–Kier alpha value is -5.73. The molecular weight excluding hydrogens is 610 g/mol. The smallest absolute Gasteiger partial charge is 0.125 e. The number of nitrogens with zero attached hydrogens (tertiary/aromatic N) is 1. The molecule has 2 aliphatic rings. The first kappa shape index (κ1) is 30.3. The van der Waals surface area contributed by atoms with Crippen LogP contribution in [0.4, 0.5) is 21.5 Å². The van der Waals surface area contributed by atoms with Gasteiger partial charge >= 0.3 is 0 Å². The molecule has 0 saturated carbocycles. The van der Waals surface area contributed by atoms with Gasteiger partial charge in [0.2, 0.25) is 0 Å². The van der Waals surface area contributed by atoms with Crippen LogP contribution in [0, 0.1) is 5.82 Å². The minimum absolute atomic E-state index is 0.0462. The topological polar surface area (TPSA) is 3.24 Å². The van der Waals surface area contributed by atoms with Gasteiger partial charge in [0.25, 0.3) is 0 Å². The van der Waals surface area contributed by atoms with Crippen molar-refractivity contribution in [2.24, 2.45) is 0 Å². The summed E-state index contributed by atoms with van der Waals surface area (Å²) in [5.41, 5.74) is 17.7. The number of hydrogen-bond acceptors (Lipinski definition) is 1. The van der Waals surface area contributed by atoms with E-state index < -0.39 is 0 Å². The number of fused-ring (bicyclic) bond motifs is 6. The lowest BCUT2D eigenvalue weighted by molar-refractivity contribution is 0.628. The number of benzene rings is 7. The Morgan fingerprint density at radius 2 is 0.920 bits per heavy atom. The lowest BCUT2D eigenvalue weighted by Gasteiger charge is -2.29. The molecule has 0 radical (unpaired) electrons. The molecule has 2 aliphatic carbocycles. The summed E-state index contributed by atoms with van der Waals surface area (Å²) < 4.78 is 14.9. The first-order chi connectivity index (χ1) is 24.2. The van der Waals surface area contributed by atoms with Gasteiger partial charge in [-0.2, -0.15) is 0 Å². The maximum absolute atomic E-state index is 14.9. The van der Waals surface area contributed by atoms with Gasteiger partial charge in [0.15, 0.2) is 0 Å². The van der Waals surface area contributed by atoms with Crippen molar-refractivity contribution >= 4 is 17.1 Å². The first-order valence-corrected chi connectivity index (χ1v) is 17.5. The predicted octanol–water partition coefficient (Wildman–Crippen LogP) is 13.2. The second-order valence-corrected chi connectivity index (χ2v) is 14.7. The van der Waals surface area contributed by atoms with Crippen LogP contribution in [0.5, 0.6) is 0 Å². The molecule has 0 bridgehead atoms. The van der Waals surface area contributed by atoms with Crippen LogP contribution < -0.4 is 4.90 Å². The molecule has 0 atom stereocenters. The van der Waals surface area contributed by atoms with Crippen molar-refractivity contribution in [3.8, 4) is 44.5 Å². The van der Waals surface area contributed by atoms with Crippen LogP contribution in [-0.2, 0) is 10.8 Å². The van der Waals surface area contributed by atoms with E-state index in [0.29, 0.717) is 0 Å². The number of anilines is 3. The Morgan fingerprint density at radius 1 is 0.380 bits per heavy atom. The van der Waals surface area contributed by atoms with Gasteiger partial charge in [-0.3, -0.25) is 0 Å². The average Bonchev–Trinajstić information content (AvgIpc) is 3.51. The molecule has 0 unspecified atom stereocenters. The fourth-order valence-electron chi connectivity index (χ4n) is 8.53. The Balaban J connectivity index is 1.27. The lowest BCUT2D eigenvalue weighted by atomic mass is 9.81. The summed E-state index contributed by atoms with van der Waals surface area (Å²) in [7, 11) is 0. The maximum Gasteiger partial charge on any atom is 0.125 e. The van der Waals surface area contributed by atoms with Crippen molar-refractivity contribution < 1.29 is 4.39 Å². The largest absolute Gasteiger partial charge is 0.310 e. The van der Waals surface area contributed by atoms with Crippen molar-refractivity contribution in [3.05, 3.63) is 186 Å². The number of halogens is 1. The molecule has 0 spiro atoms. The Kier molecular flexibility index (Phi) is 6.77. The Labute approximate surface area is 294 Å². The van der Waals surface area contributed by atoms with Crippen LogP contribution in [0.3, 0.4) is 0 Å². The molecule has 50 heavy (non-hydrogen) atoms. The van der Waals surface area contributed by atoms with E-state index in [1.165, 1.54) is 56.1 Å². The third-order valence-corrected chi connectivity index (χ3v) is 11.1. The molecule has 7 aromatic rings. The predicted molar refractivity (Wildman–Crippen MR) is 207 cm³/mol. The maximum atomic E-state index is 14.9. The molecule has 0 aromatic heterocycles. The molecule has 0 N–H and O–H groups in total. The summed E-state index contributed by atoms with van der Waals surface area (Å²) in [4.78, 5) is 2.18. The number of hydrogen-bond donors (Lipinski definition) is 0. The van der Waals surface area contributed by atoms with Crippen molar-refractivity contribution in [1.82, 2.24) is 0 Å². The standard InChI is InChI=1S/C48H38FN/c1-47(2)43-20-11-9-18-38(43)41-28-31(22-25-44(41)47)32-23-26-46(50(35-14-6-5-7-15-35)36-16-12-13-34(49)30-36)40(27-32)33-21-24-39-37-17-8-10-19-42(37)48(3,4)45(39)29-33/h5-30H,1-4H3. The third kappa shape index (κ3) is 4.59. The van der Waals surface area contributed by atoms with Crippen molar-refractivity contribution in [3.63, 3.8) is 0 Å². The van der Waals surface area contributed by atoms with E-state index in [1.54, 1.807) is 12.1 Å². The summed E-state index contributed by atoms with van der Waals surface area (Å²) in [6.07, 6.45) is 0.